The largest absolute Gasteiger partial charge is 0.353 e. The van der Waals surface area contributed by atoms with Crippen molar-refractivity contribution in [3.63, 3.8) is 0 Å². The lowest BCUT2D eigenvalue weighted by Crippen LogP contribution is -2.45. The summed E-state index contributed by atoms with van der Waals surface area (Å²) in [6.07, 6.45) is 10.2. The first kappa shape index (κ1) is 13.9. The molecule has 2 fully saturated rings. The Kier molecular flexibility index (Phi) is 5.48. The SMILES string of the molecule is C[C@@H](NC(=O)C1CCCNC1)C1CCCCCC1. The highest BCUT2D eigenvalue weighted by Gasteiger charge is 2.25. The fourth-order valence-corrected chi connectivity index (χ4v) is 3.35. The molecule has 3 heteroatoms. The van der Waals surface area contributed by atoms with Crippen molar-refractivity contribution in [3.05, 3.63) is 0 Å². The normalized spacial score (nSPS) is 28.4. The van der Waals surface area contributed by atoms with Crippen LogP contribution >= 0.6 is 0 Å². The van der Waals surface area contributed by atoms with Crippen LogP contribution in [0, 0.1) is 11.8 Å². The third-order valence-electron chi connectivity index (χ3n) is 4.64. The lowest BCUT2D eigenvalue weighted by molar-refractivity contribution is -0.126. The van der Waals surface area contributed by atoms with Crippen LogP contribution in [-0.2, 0) is 4.79 Å². The fraction of sp³-hybridized carbons (Fsp3) is 0.933. The second-order valence-corrected chi connectivity index (χ2v) is 6.09. The van der Waals surface area contributed by atoms with E-state index in [-0.39, 0.29) is 11.8 Å². The maximum atomic E-state index is 12.2. The Morgan fingerprint density at radius 2 is 1.83 bits per heavy atom. The van der Waals surface area contributed by atoms with Gasteiger partial charge in [-0.25, -0.2) is 0 Å². The molecule has 1 aliphatic carbocycles. The Hall–Kier alpha value is -0.570. The van der Waals surface area contributed by atoms with Gasteiger partial charge in [-0.05, 0) is 45.1 Å². The summed E-state index contributed by atoms with van der Waals surface area (Å²) < 4.78 is 0. The van der Waals surface area contributed by atoms with E-state index in [1.165, 1.54) is 38.5 Å². The summed E-state index contributed by atoms with van der Waals surface area (Å²) in [6, 6.07) is 0.359. The monoisotopic (exact) mass is 252 g/mol. The first-order valence-electron chi connectivity index (χ1n) is 7.78. The van der Waals surface area contributed by atoms with Gasteiger partial charge in [-0.1, -0.05) is 25.7 Å². The summed E-state index contributed by atoms with van der Waals surface area (Å²) in [7, 11) is 0. The van der Waals surface area contributed by atoms with E-state index in [0.717, 1.165) is 25.9 Å². The molecule has 0 aromatic heterocycles. The van der Waals surface area contributed by atoms with E-state index in [4.69, 9.17) is 0 Å². The summed E-state index contributed by atoms with van der Waals surface area (Å²) in [5, 5.41) is 6.59. The highest BCUT2D eigenvalue weighted by Crippen LogP contribution is 2.25. The zero-order chi connectivity index (χ0) is 12.8. The smallest absolute Gasteiger partial charge is 0.224 e. The highest BCUT2D eigenvalue weighted by atomic mass is 16.2. The molecule has 3 nitrogen and oxygen atoms in total. The van der Waals surface area contributed by atoms with Gasteiger partial charge in [-0.15, -0.1) is 0 Å². The maximum absolute atomic E-state index is 12.2. The summed E-state index contributed by atoms with van der Waals surface area (Å²) in [5.74, 6) is 1.18. The van der Waals surface area contributed by atoms with Crippen LogP contribution in [0.5, 0.6) is 0 Å². The topological polar surface area (TPSA) is 41.1 Å². The fourth-order valence-electron chi connectivity index (χ4n) is 3.35. The Labute approximate surface area is 111 Å². The number of piperidine rings is 1. The van der Waals surface area contributed by atoms with Gasteiger partial charge in [-0.2, -0.15) is 0 Å². The van der Waals surface area contributed by atoms with Gasteiger partial charge in [0.05, 0.1) is 5.92 Å². The molecule has 1 saturated heterocycles. The van der Waals surface area contributed by atoms with Gasteiger partial charge in [0.1, 0.15) is 0 Å². The number of amides is 1. The van der Waals surface area contributed by atoms with Crippen LogP contribution in [0.1, 0.15) is 58.3 Å². The Morgan fingerprint density at radius 3 is 2.44 bits per heavy atom. The molecular formula is C15H28N2O. The molecule has 2 aliphatic rings. The molecule has 0 aromatic carbocycles. The third-order valence-corrected chi connectivity index (χ3v) is 4.64. The molecule has 0 radical (unpaired) electrons. The first-order chi connectivity index (χ1) is 8.77. The summed E-state index contributed by atoms with van der Waals surface area (Å²) in [4.78, 5) is 12.2. The van der Waals surface area contributed by atoms with Crippen LogP contribution in [0.15, 0.2) is 0 Å². The molecule has 0 bridgehead atoms. The molecule has 2 N–H and O–H groups in total. The van der Waals surface area contributed by atoms with Crippen LogP contribution < -0.4 is 10.6 Å². The van der Waals surface area contributed by atoms with Crippen molar-refractivity contribution in [2.45, 2.75) is 64.3 Å². The minimum absolute atomic E-state index is 0.201. The van der Waals surface area contributed by atoms with E-state index in [1.807, 2.05) is 0 Å². The predicted octanol–water partition coefficient (Wildman–Crippen LogP) is 2.46. The Bertz CT molecular complexity index is 253. The van der Waals surface area contributed by atoms with Crippen LogP contribution in [0.4, 0.5) is 0 Å². The number of carbonyl (C=O) groups excluding carboxylic acids is 1. The van der Waals surface area contributed by atoms with Crippen LogP contribution in [-0.4, -0.2) is 25.0 Å². The zero-order valence-corrected chi connectivity index (χ0v) is 11.7. The number of carbonyl (C=O) groups is 1. The van der Waals surface area contributed by atoms with Crippen LogP contribution in [0.2, 0.25) is 0 Å². The molecule has 1 unspecified atom stereocenters. The van der Waals surface area contributed by atoms with E-state index in [0.29, 0.717) is 12.0 Å². The molecule has 0 spiro atoms. The number of hydrogen-bond donors (Lipinski definition) is 2. The minimum Gasteiger partial charge on any atom is -0.353 e. The highest BCUT2D eigenvalue weighted by molar-refractivity contribution is 5.79. The number of nitrogens with one attached hydrogen (secondary N) is 2. The van der Waals surface area contributed by atoms with Gasteiger partial charge < -0.3 is 10.6 Å². The van der Waals surface area contributed by atoms with E-state index in [2.05, 4.69) is 17.6 Å². The van der Waals surface area contributed by atoms with E-state index < -0.39 is 0 Å². The molecule has 1 saturated carbocycles. The maximum Gasteiger partial charge on any atom is 0.224 e. The van der Waals surface area contributed by atoms with Crippen LogP contribution in [0.3, 0.4) is 0 Å². The van der Waals surface area contributed by atoms with Crippen molar-refractivity contribution in [1.29, 1.82) is 0 Å². The van der Waals surface area contributed by atoms with Crippen LogP contribution in [0.25, 0.3) is 0 Å². The Balaban J connectivity index is 1.77. The lowest BCUT2D eigenvalue weighted by Gasteiger charge is -2.27. The molecule has 104 valence electrons. The van der Waals surface area contributed by atoms with Crippen molar-refractivity contribution in [3.8, 4) is 0 Å². The average Bonchev–Trinajstić information content (AvgIpc) is 2.68. The van der Waals surface area contributed by atoms with Crippen molar-refractivity contribution in [2.24, 2.45) is 11.8 Å². The van der Waals surface area contributed by atoms with Crippen molar-refractivity contribution in [1.82, 2.24) is 10.6 Å². The number of rotatable bonds is 3. The summed E-state index contributed by atoms with van der Waals surface area (Å²) in [5.41, 5.74) is 0. The van der Waals surface area contributed by atoms with Gasteiger partial charge in [0.15, 0.2) is 0 Å². The van der Waals surface area contributed by atoms with Gasteiger partial charge in [-0.3, -0.25) is 4.79 Å². The third kappa shape index (κ3) is 3.98. The molecular weight excluding hydrogens is 224 g/mol. The Morgan fingerprint density at radius 1 is 1.11 bits per heavy atom. The standard InChI is InChI=1S/C15H28N2O/c1-12(13-7-4-2-3-5-8-13)17-15(18)14-9-6-10-16-11-14/h12-14,16H,2-11H2,1H3,(H,17,18)/t12-,14?/m1/s1. The summed E-state index contributed by atoms with van der Waals surface area (Å²) in [6.45, 7) is 4.13. The van der Waals surface area contributed by atoms with Gasteiger partial charge in [0.25, 0.3) is 0 Å². The average molecular weight is 252 g/mol. The first-order valence-corrected chi connectivity index (χ1v) is 7.78. The van der Waals surface area contributed by atoms with Gasteiger partial charge in [0, 0.05) is 12.6 Å². The van der Waals surface area contributed by atoms with Crippen molar-refractivity contribution in [2.75, 3.05) is 13.1 Å². The molecule has 0 aromatic rings. The predicted molar refractivity (Wildman–Crippen MR) is 74.4 cm³/mol. The summed E-state index contributed by atoms with van der Waals surface area (Å²) >= 11 is 0. The van der Waals surface area contributed by atoms with Crippen molar-refractivity contribution < 1.29 is 4.79 Å². The van der Waals surface area contributed by atoms with E-state index >= 15 is 0 Å². The molecule has 1 aliphatic heterocycles. The second kappa shape index (κ2) is 7.13. The molecule has 18 heavy (non-hydrogen) atoms. The molecule has 2 rings (SSSR count). The lowest BCUT2D eigenvalue weighted by atomic mass is 9.91. The minimum atomic E-state index is 0.201. The quantitative estimate of drug-likeness (QED) is 0.758. The van der Waals surface area contributed by atoms with E-state index in [1.54, 1.807) is 0 Å². The van der Waals surface area contributed by atoms with Gasteiger partial charge in [0.2, 0.25) is 5.91 Å². The van der Waals surface area contributed by atoms with Crippen molar-refractivity contribution >= 4 is 5.91 Å². The zero-order valence-electron chi connectivity index (χ0n) is 11.7. The van der Waals surface area contributed by atoms with Gasteiger partial charge >= 0.3 is 0 Å². The second-order valence-electron chi connectivity index (χ2n) is 6.09. The molecule has 1 heterocycles. The molecule has 1 amide bonds. The molecule has 2 atom stereocenters. The number of hydrogen-bond acceptors (Lipinski definition) is 2. The van der Waals surface area contributed by atoms with E-state index in [9.17, 15) is 4.79 Å².